The van der Waals surface area contributed by atoms with Crippen LogP contribution in [0.5, 0.6) is 0 Å². The second-order valence-electron chi connectivity index (χ2n) is 5.68. The van der Waals surface area contributed by atoms with Crippen LogP contribution in [0.2, 0.25) is 0 Å². The highest BCUT2D eigenvalue weighted by atomic mass is 32.2. The van der Waals surface area contributed by atoms with Gasteiger partial charge < -0.3 is 10.6 Å². The molecule has 1 saturated carbocycles. The van der Waals surface area contributed by atoms with Crippen molar-refractivity contribution >= 4 is 21.4 Å². The number of nitrogens with zero attached hydrogens (tertiary/aromatic N) is 2. The van der Waals surface area contributed by atoms with Crippen LogP contribution in [-0.4, -0.2) is 52.6 Å². The summed E-state index contributed by atoms with van der Waals surface area (Å²) in [5.74, 6) is 0. The molecule has 1 heterocycles. The second-order valence-corrected chi connectivity index (χ2v) is 7.57. The Morgan fingerprint density at radius 2 is 1.86 bits per heavy atom. The molecular weight excluding hydrogens is 288 g/mol. The van der Waals surface area contributed by atoms with Gasteiger partial charge in [-0.2, -0.15) is 0 Å². The summed E-state index contributed by atoms with van der Waals surface area (Å²) in [5, 5.41) is 0. The number of benzene rings is 1. The Morgan fingerprint density at radius 3 is 2.38 bits per heavy atom. The lowest BCUT2D eigenvalue weighted by molar-refractivity contribution is 0.248. The minimum atomic E-state index is -3.44. The van der Waals surface area contributed by atoms with E-state index < -0.39 is 10.0 Å². The van der Waals surface area contributed by atoms with Crippen LogP contribution in [0.3, 0.4) is 0 Å². The van der Waals surface area contributed by atoms with Gasteiger partial charge in [-0.1, -0.05) is 0 Å². The maximum Gasteiger partial charge on any atom is 0.240 e. The third kappa shape index (κ3) is 3.00. The normalized spacial score (nSPS) is 20.7. The first kappa shape index (κ1) is 14.6. The van der Waals surface area contributed by atoms with Gasteiger partial charge in [0.05, 0.1) is 16.3 Å². The topological polar surface area (TPSA) is 78.7 Å². The molecule has 0 bridgehead atoms. The van der Waals surface area contributed by atoms with Gasteiger partial charge in [0, 0.05) is 32.2 Å². The Balaban J connectivity index is 1.74. The molecule has 0 radical (unpaired) electrons. The predicted octanol–water partition coefficient (Wildman–Crippen LogP) is 0.461. The van der Waals surface area contributed by atoms with Crippen LogP contribution in [0.15, 0.2) is 23.1 Å². The van der Waals surface area contributed by atoms with Crippen LogP contribution in [-0.2, 0) is 10.0 Å². The number of nitrogens with one attached hydrogen (secondary N) is 1. The van der Waals surface area contributed by atoms with E-state index >= 15 is 0 Å². The number of hydrogen-bond acceptors (Lipinski definition) is 5. The number of anilines is 2. The molecule has 6 nitrogen and oxygen atoms in total. The zero-order valence-electron chi connectivity index (χ0n) is 12.2. The molecule has 1 aliphatic heterocycles. The molecule has 0 amide bonds. The van der Waals surface area contributed by atoms with Gasteiger partial charge in [0.15, 0.2) is 0 Å². The zero-order valence-corrected chi connectivity index (χ0v) is 13.1. The molecular formula is C14H22N4O2S. The standard InChI is InChI=1S/C14H22N4O2S/c1-16-21(19,20)12-4-5-14(13(15)10-12)18-8-6-17(7-9-18)11-2-3-11/h4-5,10-11,16H,2-3,6-9,15H2,1H3. The van der Waals surface area contributed by atoms with Crippen molar-refractivity contribution in [2.45, 2.75) is 23.8 Å². The third-order valence-electron chi connectivity index (χ3n) is 4.30. The molecule has 0 atom stereocenters. The molecule has 1 saturated heterocycles. The number of rotatable bonds is 4. The molecule has 3 rings (SSSR count). The number of sulfonamides is 1. The van der Waals surface area contributed by atoms with Gasteiger partial charge in [-0.25, -0.2) is 13.1 Å². The van der Waals surface area contributed by atoms with Crippen molar-refractivity contribution in [1.82, 2.24) is 9.62 Å². The van der Waals surface area contributed by atoms with Crippen LogP contribution in [0.4, 0.5) is 11.4 Å². The lowest BCUT2D eigenvalue weighted by atomic mass is 10.2. The monoisotopic (exact) mass is 310 g/mol. The first-order chi connectivity index (χ1) is 10.0. The minimum Gasteiger partial charge on any atom is -0.397 e. The minimum absolute atomic E-state index is 0.211. The van der Waals surface area contributed by atoms with E-state index in [-0.39, 0.29) is 4.90 Å². The molecule has 0 spiro atoms. The van der Waals surface area contributed by atoms with Crippen molar-refractivity contribution in [3.05, 3.63) is 18.2 Å². The summed E-state index contributed by atoms with van der Waals surface area (Å²) in [7, 11) is -2.04. The van der Waals surface area contributed by atoms with E-state index in [1.165, 1.54) is 26.0 Å². The summed E-state index contributed by atoms with van der Waals surface area (Å²) in [5.41, 5.74) is 7.51. The van der Waals surface area contributed by atoms with Crippen molar-refractivity contribution in [1.29, 1.82) is 0 Å². The molecule has 116 valence electrons. The Bertz CT molecular complexity index is 620. The number of nitrogen functional groups attached to an aromatic ring is 1. The van der Waals surface area contributed by atoms with Gasteiger partial charge in [0.25, 0.3) is 0 Å². The van der Waals surface area contributed by atoms with E-state index in [9.17, 15) is 8.42 Å². The Morgan fingerprint density at radius 1 is 1.19 bits per heavy atom. The molecule has 1 aliphatic carbocycles. The average molecular weight is 310 g/mol. The van der Waals surface area contributed by atoms with Crippen LogP contribution in [0, 0.1) is 0 Å². The lowest BCUT2D eigenvalue weighted by Crippen LogP contribution is -2.47. The van der Waals surface area contributed by atoms with Crippen molar-refractivity contribution in [3.8, 4) is 0 Å². The van der Waals surface area contributed by atoms with Crippen molar-refractivity contribution in [2.75, 3.05) is 43.9 Å². The second kappa shape index (κ2) is 5.47. The first-order valence-corrected chi connectivity index (χ1v) is 8.81. The van der Waals surface area contributed by atoms with Crippen LogP contribution in [0.1, 0.15) is 12.8 Å². The highest BCUT2D eigenvalue weighted by Crippen LogP contribution is 2.31. The largest absolute Gasteiger partial charge is 0.397 e. The fourth-order valence-corrected chi connectivity index (χ4v) is 3.64. The average Bonchev–Trinajstić information content (AvgIpc) is 3.32. The Hall–Kier alpha value is -1.31. The van der Waals surface area contributed by atoms with E-state index in [4.69, 9.17) is 5.73 Å². The number of piperazine rings is 1. The smallest absolute Gasteiger partial charge is 0.240 e. The molecule has 0 aromatic heterocycles. The number of hydrogen-bond donors (Lipinski definition) is 2. The summed E-state index contributed by atoms with van der Waals surface area (Å²) in [4.78, 5) is 4.99. The van der Waals surface area contributed by atoms with Crippen LogP contribution < -0.4 is 15.4 Å². The zero-order chi connectivity index (χ0) is 15.0. The lowest BCUT2D eigenvalue weighted by Gasteiger charge is -2.36. The van der Waals surface area contributed by atoms with Gasteiger partial charge in [-0.15, -0.1) is 0 Å². The fourth-order valence-electron chi connectivity index (χ4n) is 2.87. The van der Waals surface area contributed by atoms with Crippen molar-refractivity contribution < 1.29 is 8.42 Å². The summed E-state index contributed by atoms with van der Waals surface area (Å²) in [6.45, 7) is 4.00. The number of nitrogens with two attached hydrogens (primary N) is 1. The highest BCUT2D eigenvalue weighted by Gasteiger charge is 2.31. The van der Waals surface area contributed by atoms with E-state index in [1.54, 1.807) is 6.07 Å². The predicted molar refractivity (Wildman–Crippen MR) is 83.9 cm³/mol. The van der Waals surface area contributed by atoms with E-state index in [0.717, 1.165) is 37.9 Å². The van der Waals surface area contributed by atoms with E-state index in [2.05, 4.69) is 14.5 Å². The van der Waals surface area contributed by atoms with Crippen LogP contribution >= 0.6 is 0 Å². The van der Waals surface area contributed by atoms with Gasteiger partial charge in [0.1, 0.15) is 0 Å². The van der Waals surface area contributed by atoms with E-state index in [1.807, 2.05) is 6.07 Å². The molecule has 7 heteroatoms. The van der Waals surface area contributed by atoms with E-state index in [0.29, 0.717) is 5.69 Å². The van der Waals surface area contributed by atoms with Gasteiger partial charge in [-0.05, 0) is 38.1 Å². The third-order valence-corrected chi connectivity index (χ3v) is 5.71. The first-order valence-electron chi connectivity index (χ1n) is 7.33. The van der Waals surface area contributed by atoms with Gasteiger partial charge in [-0.3, -0.25) is 4.90 Å². The maximum atomic E-state index is 11.8. The summed E-state index contributed by atoms with van der Waals surface area (Å²) in [6, 6.07) is 5.76. The van der Waals surface area contributed by atoms with Crippen molar-refractivity contribution in [3.63, 3.8) is 0 Å². The quantitative estimate of drug-likeness (QED) is 0.790. The molecule has 0 unspecified atom stereocenters. The Kier molecular flexibility index (Phi) is 3.81. The molecule has 2 aliphatic rings. The molecule has 1 aromatic carbocycles. The maximum absolute atomic E-state index is 11.8. The molecule has 21 heavy (non-hydrogen) atoms. The summed E-state index contributed by atoms with van der Waals surface area (Å²) < 4.78 is 25.9. The summed E-state index contributed by atoms with van der Waals surface area (Å²) in [6.07, 6.45) is 2.66. The fraction of sp³-hybridized carbons (Fsp3) is 0.571. The molecule has 1 aromatic rings. The Labute approximate surface area is 126 Å². The van der Waals surface area contributed by atoms with Crippen LogP contribution in [0.25, 0.3) is 0 Å². The van der Waals surface area contributed by atoms with Gasteiger partial charge >= 0.3 is 0 Å². The molecule has 2 fully saturated rings. The van der Waals surface area contributed by atoms with Crippen molar-refractivity contribution in [2.24, 2.45) is 0 Å². The van der Waals surface area contributed by atoms with Gasteiger partial charge in [0.2, 0.25) is 10.0 Å². The molecule has 3 N–H and O–H groups in total. The summed E-state index contributed by atoms with van der Waals surface area (Å²) >= 11 is 0. The SMILES string of the molecule is CNS(=O)(=O)c1ccc(N2CCN(C3CC3)CC2)c(N)c1. The highest BCUT2D eigenvalue weighted by molar-refractivity contribution is 7.89.